The zero-order valence-corrected chi connectivity index (χ0v) is 80.3. The van der Waals surface area contributed by atoms with E-state index in [0.29, 0.717) is 191 Å². The molecule has 29 nitrogen and oxygen atoms in total. The largest absolute Gasteiger partial charge is 0.462 e. The van der Waals surface area contributed by atoms with Gasteiger partial charge in [0.1, 0.15) is 34.0 Å². The van der Waals surface area contributed by atoms with Crippen molar-refractivity contribution in [2.24, 2.45) is 21.1 Å². The summed E-state index contributed by atoms with van der Waals surface area (Å²) in [7, 11) is 1.27. The number of aryl methyl sites for hydroxylation is 4. The minimum Gasteiger partial charge on any atom is -0.462 e. The third-order valence-corrected chi connectivity index (χ3v) is 26.5. The maximum atomic E-state index is 14.0. The number of fused-ring (bicyclic) bond motifs is 4. The van der Waals surface area contributed by atoms with Gasteiger partial charge in [-0.3, -0.25) is 43.1 Å². The number of thiophene rings is 1. The maximum absolute atomic E-state index is 14.0. The molecule has 708 valence electrons. The highest BCUT2D eigenvalue weighted by Crippen LogP contribution is 2.39. The average molecular weight is 1970 g/mol. The first-order chi connectivity index (χ1) is 65.2. The Balaban J connectivity index is 0.000000146. The third-order valence-electron chi connectivity index (χ3n) is 23.9. The van der Waals surface area contributed by atoms with Crippen LogP contribution in [0.5, 0.6) is 0 Å². The Morgan fingerprint density at radius 3 is 1.23 bits per heavy atom. The average Bonchev–Trinajstić information content (AvgIpc) is 0.843. The van der Waals surface area contributed by atoms with Gasteiger partial charge in [0.15, 0.2) is 0 Å². The second kappa shape index (κ2) is 43.1. The lowest BCUT2D eigenvalue weighted by Gasteiger charge is -2.37. The number of anilines is 5. The topological polar surface area (TPSA) is 307 Å². The Bertz CT molecular complexity index is 7160. The van der Waals surface area contributed by atoms with Crippen molar-refractivity contribution >= 4 is 181 Å². The van der Waals surface area contributed by atoms with E-state index in [1.165, 1.54) is 72.1 Å². The zero-order chi connectivity index (χ0) is 97.2. The number of para-hydroxylation sites is 2. The fourth-order valence-corrected chi connectivity index (χ4v) is 19.0. The van der Waals surface area contributed by atoms with Crippen molar-refractivity contribution in [2.75, 3.05) is 155 Å². The standard InChI is InChI=1S/C30H25Cl3FN3O4.C25H26FN3O4.C24H24ClN3O4.C20H22N4O4S2/c1-2-41-30(40)26-27(35-11-13-36(14-12-35)28(38)19-5-9-23(32)24(33)15-19)22-16-20(31)6-10-25(22)37(29(26)39)17-18-3-7-21(34)8-4-18;1-4-33-25(32)21-22(19-15-16(2)5-10-20(19)27(3)24(21)31)28-11-13-29(14-12-28)23(30)17-6-8-18(26)9-7-17;1-3-32-24(31)20-21(18-6-4-5-7-19(18)26(2)23(20)30)27-12-14-28(15-13-27)22(29)16-8-10-17(25)11-9-16;1-22-15-7-4-3-6-14(15)18(17(20(22)26)21-30(2,27)28)23-9-11-24(12-10-23)19(25)16-8-5-13-29-16/h3-10,15-16H,2,11-14,17H2,1H3;5-10,15H,4,11-14H2,1-3H3;4-11H,3,12-15H2,1-2H3;3-8,13,21H,9-12H2,1-2H3. The molecule has 136 heavy (non-hydrogen) atoms. The van der Waals surface area contributed by atoms with E-state index in [9.17, 15) is 69.9 Å². The van der Waals surface area contributed by atoms with Crippen molar-refractivity contribution < 1.29 is 65.0 Å². The lowest BCUT2D eigenvalue weighted by atomic mass is 10.0. The number of ether oxygens (including phenoxy) is 3. The number of hydrogen-bond donors (Lipinski definition) is 1. The minimum atomic E-state index is -3.65. The van der Waals surface area contributed by atoms with E-state index in [1.54, 1.807) is 128 Å². The van der Waals surface area contributed by atoms with Gasteiger partial charge in [-0.1, -0.05) is 113 Å². The molecule has 0 atom stereocenters. The number of nitrogens with zero attached hydrogens (tertiary/aromatic N) is 12. The molecule has 37 heteroatoms. The van der Waals surface area contributed by atoms with Crippen LogP contribution < -0.4 is 46.6 Å². The quantitative estimate of drug-likeness (QED) is 0.0616. The number of nitrogens with one attached hydrogen (secondary N) is 1. The molecule has 17 rings (SSSR count). The monoisotopic (exact) mass is 1970 g/mol. The van der Waals surface area contributed by atoms with Crippen molar-refractivity contribution in [1.29, 1.82) is 0 Å². The molecule has 0 spiro atoms. The van der Waals surface area contributed by atoms with Gasteiger partial charge < -0.3 is 71.7 Å². The molecule has 0 unspecified atom stereocenters. The van der Waals surface area contributed by atoms with Crippen LogP contribution in [0.15, 0.2) is 213 Å². The molecule has 4 aliphatic rings. The number of esters is 3. The molecule has 0 radical (unpaired) electrons. The fraction of sp³-hybridized carbons (Fsp3) is 0.283. The molecule has 4 fully saturated rings. The summed E-state index contributed by atoms with van der Waals surface area (Å²) in [6.07, 6.45) is 1.03. The maximum Gasteiger partial charge on any atom is 0.345 e. The summed E-state index contributed by atoms with van der Waals surface area (Å²) < 4.78 is 74.8. The Morgan fingerprint density at radius 1 is 0.390 bits per heavy atom. The molecular formula is C99H97Cl4F2N13O16S2. The van der Waals surface area contributed by atoms with Crippen LogP contribution >= 0.6 is 57.7 Å². The SMILES string of the molecule is CCOC(=O)c1c(N2CCN(C(=O)c3ccc(Cl)c(Cl)c3)CC2)c2cc(Cl)ccc2n(Cc2ccc(F)cc2)c1=O.CCOC(=O)c1c(N2CCN(C(=O)c3ccc(Cl)cc3)CC2)c2ccccc2n(C)c1=O.CCOC(=O)c1c(N2CCN(C(=O)c3ccc(F)cc3)CC2)c2cc(C)ccc2n(C)c1=O.Cn1c(=O)c(NS(C)(=O)=O)c(N2CCN(C(=O)c3cccs3)CC2)c2ccccc21. The normalized spacial score (nSPS) is 14.0. The fourth-order valence-electron chi connectivity index (χ4n) is 17.2. The lowest BCUT2D eigenvalue weighted by molar-refractivity contribution is 0.0514. The van der Waals surface area contributed by atoms with Crippen LogP contribution in [0.3, 0.4) is 0 Å². The molecule has 4 aliphatic heterocycles. The number of carbonyl (C=O) groups is 7. The second-order valence-electron chi connectivity index (χ2n) is 32.5. The first kappa shape index (κ1) is 98.6. The number of sulfonamides is 1. The molecule has 1 N–H and O–H groups in total. The number of pyridine rings is 4. The summed E-state index contributed by atoms with van der Waals surface area (Å²) in [5, 5.41) is 6.49. The van der Waals surface area contributed by atoms with E-state index in [1.807, 2.05) is 111 Å². The van der Waals surface area contributed by atoms with Crippen molar-refractivity contribution in [2.45, 2.75) is 34.2 Å². The van der Waals surface area contributed by atoms with E-state index in [0.717, 1.165) is 39.0 Å². The van der Waals surface area contributed by atoms with Crippen LogP contribution in [0.25, 0.3) is 43.6 Å². The Morgan fingerprint density at radius 2 is 0.772 bits per heavy atom. The van der Waals surface area contributed by atoms with Gasteiger partial charge in [-0.2, -0.15) is 0 Å². The highest BCUT2D eigenvalue weighted by Gasteiger charge is 2.36. The Hall–Kier alpha value is -13.4. The Labute approximate surface area is 805 Å². The molecule has 13 aromatic rings. The molecule has 5 aromatic heterocycles. The van der Waals surface area contributed by atoms with Crippen molar-refractivity contribution in [3.8, 4) is 0 Å². The zero-order valence-electron chi connectivity index (χ0n) is 75.6. The molecular weight excluding hydrogens is 1870 g/mol. The summed E-state index contributed by atoms with van der Waals surface area (Å²) in [5.41, 5.74) is 6.12. The molecule has 9 heterocycles. The summed E-state index contributed by atoms with van der Waals surface area (Å²) in [6.45, 7) is 14.5. The van der Waals surface area contributed by atoms with Gasteiger partial charge in [-0.05, 0) is 166 Å². The molecule has 8 aromatic carbocycles. The first-order valence-electron chi connectivity index (χ1n) is 43.8. The van der Waals surface area contributed by atoms with Crippen molar-refractivity contribution in [1.82, 2.24) is 37.9 Å². The minimum absolute atomic E-state index is 0.00651. The van der Waals surface area contributed by atoms with Gasteiger partial charge >= 0.3 is 17.9 Å². The van der Waals surface area contributed by atoms with Gasteiger partial charge in [0.25, 0.3) is 45.9 Å². The number of hydrogen-bond acceptors (Lipinski definition) is 21. The smallest absolute Gasteiger partial charge is 0.345 e. The van der Waals surface area contributed by atoms with Gasteiger partial charge in [0, 0.05) is 174 Å². The van der Waals surface area contributed by atoms with Gasteiger partial charge in [0.05, 0.1) is 92.4 Å². The van der Waals surface area contributed by atoms with Crippen LogP contribution in [-0.2, 0) is 51.9 Å². The van der Waals surface area contributed by atoms with Crippen LogP contribution in [0, 0.1) is 18.6 Å². The van der Waals surface area contributed by atoms with Crippen molar-refractivity contribution in [3.63, 3.8) is 0 Å². The highest BCUT2D eigenvalue weighted by atomic mass is 35.5. The third kappa shape index (κ3) is 21.6. The van der Waals surface area contributed by atoms with E-state index >= 15 is 0 Å². The molecule has 0 saturated carbocycles. The molecule has 0 aliphatic carbocycles. The van der Waals surface area contributed by atoms with Gasteiger partial charge in [-0.15, -0.1) is 11.3 Å². The highest BCUT2D eigenvalue weighted by molar-refractivity contribution is 7.92. The summed E-state index contributed by atoms with van der Waals surface area (Å²) in [5.74, 6) is -3.27. The second-order valence-corrected chi connectivity index (χ2v) is 36.9. The number of amides is 4. The van der Waals surface area contributed by atoms with Crippen LogP contribution in [0.2, 0.25) is 20.1 Å². The molecule has 0 bridgehead atoms. The lowest BCUT2D eigenvalue weighted by Crippen LogP contribution is -2.49. The number of piperazine rings is 4. The van der Waals surface area contributed by atoms with Gasteiger partial charge in [0.2, 0.25) is 10.0 Å². The van der Waals surface area contributed by atoms with E-state index < -0.39 is 61.8 Å². The number of rotatable bonds is 18. The van der Waals surface area contributed by atoms with E-state index in [-0.39, 0.29) is 72.4 Å². The number of aromatic nitrogens is 4. The summed E-state index contributed by atoms with van der Waals surface area (Å²) in [4.78, 5) is 159. The summed E-state index contributed by atoms with van der Waals surface area (Å²) >= 11 is 25.9. The molecule has 4 saturated heterocycles. The van der Waals surface area contributed by atoms with Crippen LogP contribution in [0.1, 0.15) is 104 Å². The number of carbonyl (C=O) groups excluding carboxylic acids is 7. The van der Waals surface area contributed by atoms with E-state index in [2.05, 4.69) is 4.72 Å². The Kier molecular flexibility index (Phi) is 31.2. The van der Waals surface area contributed by atoms with Gasteiger partial charge in [-0.25, -0.2) is 31.6 Å². The van der Waals surface area contributed by atoms with E-state index in [4.69, 9.17) is 60.6 Å². The molecule has 4 amide bonds. The first-order valence-corrected chi connectivity index (χ1v) is 48.1. The van der Waals surface area contributed by atoms with Crippen LogP contribution in [0.4, 0.5) is 37.2 Å². The van der Waals surface area contributed by atoms with Crippen molar-refractivity contribution in [3.05, 3.63) is 316 Å². The predicted molar refractivity (Wildman–Crippen MR) is 528 cm³/mol. The number of benzene rings is 8. The summed E-state index contributed by atoms with van der Waals surface area (Å²) in [6, 6.07) is 52.3. The number of halogens is 6. The van der Waals surface area contributed by atoms with Crippen LogP contribution in [-0.4, -0.2) is 219 Å². The predicted octanol–water partition coefficient (Wildman–Crippen LogP) is 14.7.